The van der Waals surface area contributed by atoms with E-state index in [9.17, 15) is 9.59 Å². The molecule has 0 aromatic carbocycles. The van der Waals surface area contributed by atoms with Crippen LogP contribution in [0.15, 0.2) is 9.95 Å². The Kier molecular flexibility index (Phi) is 7.63. The minimum atomic E-state index is -0.331. The minimum absolute atomic E-state index is 0.00294. The molecule has 1 aliphatic carbocycles. The minimum Gasteiger partial charge on any atom is -0.383 e. The van der Waals surface area contributed by atoms with Crippen molar-refractivity contribution in [1.29, 1.82) is 0 Å². The Balaban J connectivity index is 2.01. The summed E-state index contributed by atoms with van der Waals surface area (Å²) in [5, 5.41) is 1.05. The Bertz CT molecular complexity index is 957. The van der Waals surface area contributed by atoms with E-state index in [1.54, 1.807) is 23.0 Å². The SMILES string of the molecule is COCCn1c(SC(C)C(=O)N(C(C)C)C(C)C)nc2sc3c(c2c1=O)CCCC3. The molecule has 0 saturated heterocycles. The summed E-state index contributed by atoms with van der Waals surface area (Å²) in [4.78, 5) is 35.5. The number of hydrogen-bond donors (Lipinski definition) is 0. The van der Waals surface area contributed by atoms with Crippen LogP contribution in [0.2, 0.25) is 0 Å². The van der Waals surface area contributed by atoms with Gasteiger partial charge in [0, 0.05) is 24.1 Å². The quantitative estimate of drug-likeness (QED) is 0.446. The number of nitrogens with zero attached hydrogens (tertiary/aromatic N) is 3. The second kappa shape index (κ2) is 9.83. The van der Waals surface area contributed by atoms with Crippen molar-refractivity contribution in [2.24, 2.45) is 0 Å². The summed E-state index contributed by atoms with van der Waals surface area (Å²) >= 11 is 3.03. The number of methoxy groups -OCH3 is 1. The molecular formula is C22H33N3O3S2. The lowest BCUT2D eigenvalue weighted by atomic mass is 9.97. The van der Waals surface area contributed by atoms with Gasteiger partial charge in [-0.25, -0.2) is 4.98 Å². The van der Waals surface area contributed by atoms with Crippen LogP contribution in [0, 0.1) is 0 Å². The van der Waals surface area contributed by atoms with Gasteiger partial charge in [-0.05, 0) is 65.9 Å². The molecule has 30 heavy (non-hydrogen) atoms. The predicted molar refractivity (Wildman–Crippen MR) is 125 cm³/mol. The molecular weight excluding hydrogens is 418 g/mol. The number of hydrogen-bond acceptors (Lipinski definition) is 6. The number of carbonyl (C=O) groups is 1. The lowest BCUT2D eigenvalue weighted by Gasteiger charge is -2.33. The van der Waals surface area contributed by atoms with Crippen LogP contribution in [0.25, 0.3) is 10.2 Å². The topological polar surface area (TPSA) is 64.4 Å². The molecule has 2 aromatic rings. The van der Waals surface area contributed by atoms with E-state index in [1.165, 1.54) is 28.6 Å². The number of aryl methyl sites for hydroxylation is 2. The highest BCUT2D eigenvalue weighted by Crippen LogP contribution is 2.35. The van der Waals surface area contributed by atoms with Crippen molar-refractivity contribution in [2.75, 3.05) is 13.7 Å². The molecule has 1 atom stereocenters. The Hall–Kier alpha value is -1.38. The van der Waals surface area contributed by atoms with E-state index in [4.69, 9.17) is 9.72 Å². The van der Waals surface area contributed by atoms with Gasteiger partial charge in [-0.1, -0.05) is 11.8 Å². The van der Waals surface area contributed by atoms with Crippen LogP contribution in [-0.2, 0) is 28.9 Å². The van der Waals surface area contributed by atoms with Crippen LogP contribution in [0.4, 0.5) is 0 Å². The zero-order valence-electron chi connectivity index (χ0n) is 18.9. The molecule has 166 valence electrons. The summed E-state index contributed by atoms with van der Waals surface area (Å²) in [6.07, 6.45) is 4.28. The fraction of sp³-hybridized carbons (Fsp3) is 0.682. The fourth-order valence-electron chi connectivity index (χ4n) is 4.21. The molecule has 0 bridgehead atoms. The van der Waals surface area contributed by atoms with Crippen LogP contribution in [0.1, 0.15) is 57.9 Å². The largest absolute Gasteiger partial charge is 0.383 e. The summed E-state index contributed by atoms with van der Waals surface area (Å²) in [5.41, 5.74) is 1.19. The Morgan fingerprint density at radius 2 is 1.87 bits per heavy atom. The van der Waals surface area contributed by atoms with Crippen LogP contribution >= 0.6 is 23.1 Å². The van der Waals surface area contributed by atoms with E-state index in [1.807, 2.05) is 39.5 Å². The summed E-state index contributed by atoms with van der Waals surface area (Å²) in [7, 11) is 1.63. The average molecular weight is 452 g/mol. The number of amides is 1. The van der Waals surface area contributed by atoms with Gasteiger partial charge >= 0.3 is 0 Å². The first-order valence-electron chi connectivity index (χ1n) is 10.8. The van der Waals surface area contributed by atoms with Crippen molar-refractivity contribution in [3.63, 3.8) is 0 Å². The molecule has 0 radical (unpaired) electrons. The van der Waals surface area contributed by atoms with E-state index in [0.717, 1.165) is 29.5 Å². The van der Waals surface area contributed by atoms with E-state index in [0.29, 0.717) is 18.3 Å². The smallest absolute Gasteiger partial charge is 0.263 e. The van der Waals surface area contributed by atoms with Gasteiger partial charge in [-0.3, -0.25) is 14.2 Å². The number of carbonyl (C=O) groups excluding carboxylic acids is 1. The first-order chi connectivity index (χ1) is 14.3. The number of rotatable bonds is 8. The Morgan fingerprint density at radius 1 is 1.20 bits per heavy atom. The molecule has 1 unspecified atom stereocenters. The highest BCUT2D eigenvalue weighted by molar-refractivity contribution is 8.00. The van der Waals surface area contributed by atoms with Crippen molar-refractivity contribution in [1.82, 2.24) is 14.5 Å². The lowest BCUT2D eigenvalue weighted by molar-refractivity contribution is -0.133. The number of aromatic nitrogens is 2. The molecule has 0 fully saturated rings. The summed E-state index contributed by atoms with van der Waals surface area (Å²) in [6.45, 7) is 10.9. The maximum atomic E-state index is 13.5. The van der Waals surface area contributed by atoms with Crippen molar-refractivity contribution >= 4 is 39.2 Å². The number of thiophene rings is 1. The molecule has 0 aliphatic heterocycles. The summed E-state index contributed by atoms with van der Waals surface area (Å²) in [5.74, 6) is 0.0723. The van der Waals surface area contributed by atoms with Crippen LogP contribution in [0.3, 0.4) is 0 Å². The maximum absolute atomic E-state index is 13.5. The van der Waals surface area contributed by atoms with Crippen LogP contribution in [0.5, 0.6) is 0 Å². The van der Waals surface area contributed by atoms with Gasteiger partial charge in [0.1, 0.15) is 4.83 Å². The average Bonchev–Trinajstić information content (AvgIpc) is 3.05. The Labute approximate surface area is 187 Å². The van der Waals surface area contributed by atoms with E-state index in [2.05, 4.69) is 0 Å². The fourth-order valence-corrected chi connectivity index (χ4v) is 6.51. The van der Waals surface area contributed by atoms with E-state index in [-0.39, 0.29) is 28.8 Å². The number of thioether (sulfide) groups is 1. The van der Waals surface area contributed by atoms with E-state index >= 15 is 0 Å². The zero-order valence-corrected chi connectivity index (χ0v) is 20.5. The number of fused-ring (bicyclic) bond motifs is 3. The molecule has 1 amide bonds. The molecule has 6 nitrogen and oxygen atoms in total. The maximum Gasteiger partial charge on any atom is 0.263 e. The third-order valence-electron chi connectivity index (χ3n) is 5.56. The van der Waals surface area contributed by atoms with Crippen molar-refractivity contribution in [3.8, 4) is 0 Å². The normalized spacial score (nSPS) is 15.1. The molecule has 3 rings (SSSR count). The standard InChI is InChI=1S/C22H33N3O3S2/c1-13(2)25(14(3)4)20(26)15(5)29-22-23-19-18(21(27)24(22)11-12-28-6)16-9-7-8-10-17(16)30-19/h13-15H,7-12H2,1-6H3. The summed E-state index contributed by atoms with van der Waals surface area (Å²) in [6, 6.07) is 0.242. The van der Waals surface area contributed by atoms with Gasteiger partial charge in [0.15, 0.2) is 5.16 Å². The molecule has 1 aliphatic rings. The molecule has 0 saturated carbocycles. The van der Waals surface area contributed by atoms with Crippen molar-refractivity contribution in [3.05, 3.63) is 20.8 Å². The van der Waals surface area contributed by atoms with Crippen LogP contribution < -0.4 is 5.56 Å². The second-order valence-electron chi connectivity index (χ2n) is 8.43. The second-order valence-corrected chi connectivity index (χ2v) is 10.8. The summed E-state index contributed by atoms with van der Waals surface area (Å²) < 4.78 is 6.95. The number of ether oxygens (including phenoxy) is 1. The van der Waals surface area contributed by atoms with Crippen molar-refractivity contribution in [2.45, 2.75) is 89.3 Å². The van der Waals surface area contributed by atoms with Crippen molar-refractivity contribution < 1.29 is 9.53 Å². The predicted octanol–water partition coefficient (Wildman–Crippen LogP) is 4.11. The molecule has 8 heteroatoms. The van der Waals surface area contributed by atoms with Gasteiger partial charge in [-0.2, -0.15) is 0 Å². The lowest BCUT2D eigenvalue weighted by Crippen LogP contribution is -2.45. The third-order valence-corrected chi connectivity index (χ3v) is 7.82. The highest BCUT2D eigenvalue weighted by atomic mass is 32.2. The monoisotopic (exact) mass is 451 g/mol. The first-order valence-corrected chi connectivity index (χ1v) is 12.5. The third kappa shape index (κ3) is 4.60. The van der Waals surface area contributed by atoms with Crippen LogP contribution in [-0.4, -0.2) is 51.4 Å². The first kappa shape index (κ1) is 23.3. The highest BCUT2D eigenvalue weighted by Gasteiger charge is 2.28. The molecule has 2 heterocycles. The molecule has 0 spiro atoms. The van der Waals surface area contributed by atoms with Gasteiger partial charge < -0.3 is 9.64 Å². The van der Waals surface area contributed by atoms with Gasteiger partial charge in [0.25, 0.3) is 5.56 Å². The van der Waals surface area contributed by atoms with Gasteiger partial charge in [0.05, 0.1) is 23.8 Å². The molecule has 0 N–H and O–H groups in total. The van der Waals surface area contributed by atoms with Gasteiger partial charge in [-0.15, -0.1) is 11.3 Å². The molecule has 2 aromatic heterocycles. The zero-order chi connectivity index (χ0) is 22.0. The van der Waals surface area contributed by atoms with E-state index < -0.39 is 0 Å². The Morgan fingerprint density at radius 3 is 2.50 bits per heavy atom. The van der Waals surface area contributed by atoms with Gasteiger partial charge in [0.2, 0.25) is 5.91 Å².